The summed E-state index contributed by atoms with van der Waals surface area (Å²) in [7, 11) is 1.88. The molecular formula is C7H11N3O. The fourth-order valence-corrected chi connectivity index (χ4v) is 1.35. The van der Waals surface area contributed by atoms with Crippen LogP contribution in [0.25, 0.3) is 0 Å². The van der Waals surface area contributed by atoms with Gasteiger partial charge in [-0.15, -0.1) is 0 Å². The SMILES string of the molecule is CNc1n[nH]c2c1CCOC2. The van der Waals surface area contributed by atoms with Crippen molar-refractivity contribution in [1.29, 1.82) is 0 Å². The molecule has 0 bridgehead atoms. The van der Waals surface area contributed by atoms with E-state index in [2.05, 4.69) is 15.5 Å². The standard InChI is InChI=1S/C7H11N3O/c1-8-7-5-2-3-11-4-6(5)9-10-7/h2-4H2,1H3,(H2,8,9,10). The molecule has 0 spiro atoms. The lowest BCUT2D eigenvalue weighted by atomic mass is 10.1. The van der Waals surface area contributed by atoms with E-state index in [1.807, 2.05) is 7.05 Å². The van der Waals surface area contributed by atoms with Gasteiger partial charge in [0, 0.05) is 19.0 Å². The van der Waals surface area contributed by atoms with E-state index < -0.39 is 0 Å². The summed E-state index contributed by atoms with van der Waals surface area (Å²) in [5, 5.41) is 10.1. The number of aromatic amines is 1. The maximum atomic E-state index is 5.25. The maximum absolute atomic E-state index is 5.25. The number of fused-ring (bicyclic) bond motifs is 1. The van der Waals surface area contributed by atoms with Crippen molar-refractivity contribution in [3.05, 3.63) is 11.3 Å². The Morgan fingerprint density at radius 2 is 2.55 bits per heavy atom. The molecule has 0 saturated heterocycles. The number of nitrogens with one attached hydrogen (secondary N) is 2. The Balaban J connectivity index is 2.38. The molecule has 11 heavy (non-hydrogen) atoms. The van der Waals surface area contributed by atoms with Crippen molar-refractivity contribution in [3.8, 4) is 0 Å². The number of hydrogen-bond acceptors (Lipinski definition) is 3. The van der Waals surface area contributed by atoms with Crippen LogP contribution in [0, 0.1) is 0 Å². The Hall–Kier alpha value is -1.03. The molecule has 2 heterocycles. The van der Waals surface area contributed by atoms with Gasteiger partial charge in [-0.1, -0.05) is 0 Å². The Labute approximate surface area is 64.9 Å². The van der Waals surface area contributed by atoms with E-state index in [0.29, 0.717) is 6.61 Å². The Morgan fingerprint density at radius 3 is 3.36 bits per heavy atom. The van der Waals surface area contributed by atoms with Crippen LogP contribution in [-0.2, 0) is 17.8 Å². The number of rotatable bonds is 1. The number of anilines is 1. The lowest BCUT2D eigenvalue weighted by Crippen LogP contribution is -2.09. The number of aromatic nitrogens is 2. The molecule has 1 aromatic heterocycles. The Kier molecular flexibility index (Phi) is 1.54. The molecule has 4 heteroatoms. The highest BCUT2D eigenvalue weighted by atomic mass is 16.5. The van der Waals surface area contributed by atoms with E-state index >= 15 is 0 Å². The lowest BCUT2D eigenvalue weighted by molar-refractivity contribution is 0.108. The van der Waals surface area contributed by atoms with E-state index in [1.165, 1.54) is 5.56 Å². The van der Waals surface area contributed by atoms with Crippen LogP contribution >= 0.6 is 0 Å². The summed E-state index contributed by atoms with van der Waals surface area (Å²) in [4.78, 5) is 0. The molecule has 1 aromatic rings. The molecule has 1 aliphatic rings. The Morgan fingerprint density at radius 1 is 1.64 bits per heavy atom. The highest BCUT2D eigenvalue weighted by Gasteiger charge is 2.15. The van der Waals surface area contributed by atoms with E-state index in [1.54, 1.807) is 0 Å². The van der Waals surface area contributed by atoms with Crippen LogP contribution in [-0.4, -0.2) is 23.9 Å². The molecule has 2 N–H and O–H groups in total. The maximum Gasteiger partial charge on any atom is 0.151 e. The molecule has 1 aliphatic heterocycles. The summed E-state index contributed by atoms with van der Waals surface area (Å²) >= 11 is 0. The minimum absolute atomic E-state index is 0.671. The van der Waals surface area contributed by atoms with Crippen molar-refractivity contribution >= 4 is 5.82 Å². The van der Waals surface area contributed by atoms with E-state index in [4.69, 9.17) is 4.74 Å². The van der Waals surface area contributed by atoms with E-state index in [-0.39, 0.29) is 0 Å². The summed E-state index contributed by atoms with van der Waals surface area (Å²) in [5.74, 6) is 0.961. The highest BCUT2D eigenvalue weighted by Crippen LogP contribution is 2.20. The summed E-state index contributed by atoms with van der Waals surface area (Å²) in [6, 6.07) is 0. The van der Waals surface area contributed by atoms with Crippen molar-refractivity contribution in [3.63, 3.8) is 0 Å². The smallest absolute Gasteiger partial charge is 0.151 e. The molecule has 0 aliphatic carbocycles. The minimum Gasteiger partial charge on any atom is -0.375 e. The minimum atomic E-state index is 0.671. The van der Waals surface area contributed by atoms with Gasteiger partial charge in [0.15, 0.2) is 5.82 Å². The molecule has 2 rings (SSSR count). The van der Waals surface area contributed by atoms with Crippen LogP contribution in [0.3, 0.4) is 0 Å². The Bertz CT molecular complexity index is 243. The first kappa shape index (κ1) is 6.67. The molecule has 60 valence electrons. The third-order valence-corrected chi connectivity index (χ3v) is 1.93. The van der Waals surface area contributed by atoms with Crippen LogP contribution in [0.15, 0.2) is 0 Å². The summed E-state index contributed by atoms with van der Waals surface area (Å²) in [6.07, 6.45) is 0.960. The highest BCUT2D eigenvalue weighted by molar-refractivity contribution is 5.46. The molecule has 4 nitrogen and oxygen atoms in total. The van der Waals surface area contributed by atoms with Gasteiger partial charge in [-0.05, 0) is 0 Å². The van der Waals surface area contributed by atoms with E-state index in [9.17, 15) is 0 Å². The van der Waals surface area contributed by atoms with Gasteiger partial charge >= 0.3 is 0 Å². The largest absolute Gasteiger partial charge is 0.375 e. The first-order chi connectivity index (χ1) is 5.42. The zero-order valence-corrected chi connectivity index (χ0v) is 6.48. The van der Waals surface area contributed by atoms with Gasteiger partial charge < -0.3 is 10.1 Å². The number of hydrogen-bond donors (Lipinski definition) is 2. The van der Waals surface area contributed by atoms with Gasteiger partial charge in [0.25, 0.3) is 0 Å². The average Bonchev–Trinajstić information content (AvgIpc) is 2.47. The molecular weight excluding hydrogens is 142 g/mol. The van der Waals surface area contributed by atoms with Gasteiger partial charge in [0.1, 0.15) is 0 Å². The lowest BCUT2D eigenvalue weighted by Gasteiger charge is -2.11. The quantitative estimate of drug-likeness (QED) is 0.618. The summed E-state index contributed by atoms with van der Waals surface area (Å²) in [5.41, 5.74) is 2.39. The third kappa shape index (κ3) is 0.991. The third-order valence-electron chi connectivity index (χ3n) is 1.93. The molecule has 0 fully saturated rings. The van der Waals surface area contributed by atoms with Crippen LogP contribution < -0.4 is 5.32 Å². The van der Waals surface area contributed by atoms with Crippen LogP contribution in [0.1, 0.15) is 11.3 Å². The van der Waals surface area contributed by atoms with Crippen molar-refractivity contribution in [1.82, 2.24) is 10.2 Å². The first-order valence-corrected chi connectivity index (χ1v) is 3.73. The van der Waals surface area contributed by atoms with Gasteiger partial charge in [-0.3, -0.25) is 5.10 Å². The fourth-order valence-electron chi connectivity index (χ4n) is 1.35. The van der Waals surface area contributed by atoms with Crippen LogP contribution in [0.4, 0.5) is 5.82 Å². The molecule has 0 amide bonds. The van der Waals surface area contributed by atoms with Gasteiger partial charge in [0.2, 0.25) is 0 Å². The van der Waals surface area contributed by atoms with Crippen molar-refractivity contribution < 1.29 is 4.74 Å². The second kappa shape index (κ2) is 2.54. The van der Waals surface area contributed by atoms with E-state index in [0.717, 1.165) is 24.5 Å². The first-order valence-electron chi connectivity index (χ1n) is 3.73. The zero-order chi connectivity index (χ0) is 7.68. The molecule has 0 radical (unpaired) electrons. The summed E-state index contributed by atoms with van der Waals surface area (Å²) in [6.45, 7) is 1.48. The fraction of sp³-hybridized carbons (Fsp3) is 0.571. The van der Waals surface area contributed by atoms with Gasteiger partial charge in [-0.2, -0.15) is 5.10 Å². The van der Waals surface area contributed by atoms with Gasteiger partial charge in [-0.25, -0.2) is 0 Å². The second-order valence-electron chi connectivity index (χ2n) is 2.58. The summed E-state index contributed by atoms with van der Waals surface area (Å²) < 4.78 is 5.25. The molecule has 0 aromatic carbocycles. The number of nitrogens with zero attached hydrogens (tertiary/aromatic N) is 1. The predicted molar refractivity (Wildman–Crippen MR) is 41.5 cm³/mol. The predicted octanol–water partition coefficient (Wildman–Crippen LogP) is 0.524. The molecule has 0 atom stereocenters. The average molecular weight is 153 g/mol. The molecule has 0 unspecified atom stereocenters. The van der Waals surface area contributed by atoms with Crippen molar-refractivity contribution in [2.75, 3.05) is 19.0 Å². The normalized spacial score (nSPS) is 16.1. The van der Waals surface area contributed by atoms with Crippen LogP contribution in [0.2, 0.25) is 0 Å². The monoisotopic (exact) mass is 153 g/mol. The zero-order valence-electron chi connectivity index (χ0n) is 6.48. The topological polar surface area (TPSA) is 49.9 Å². The van der Waals surface area contributed by atoms with Crippen molar-refractivity contribution in [2.45, 2.75) is 13.0 Å². The van der Waals surface area contributed by atoms with Crippen molar-refractivity contribution in [2.24, 2.45) is 0 Å². The molecule has 0 saturated carbocycles. The van der Waals surface area contributed by atoms with Crippen LogP contribution in [0.5, 0.6) is 0 Å². The van der Waals surface area contributed by atoms with Gasteiger partial charge in [0.05, 0.1) is 18.9 Å². The number of H-pyrrole nitrogens is 1. The second-order valence-corrected chi connectivity index (χ2v) is 2.58. The number of ether oxygens (including phenoxy) is 1.